The number of hydrogen-bond acceptors (Lipinski definition) is 3. The summed E-state index contributed by atoms with van der Waals surface area (Å²) in [5.74, 6) is 6.18. The van der Waals surface area contributed by atoms with Gasteiger partial charge >= 0.3 is 0 Å². The highest BCUT2D eigenvalue weighted by molar-refractivity contribution is 5.78. The molecule has 1 heterocycles. The van der Waals surface area contributed by atoms with Crippen molar-refractivity contribution >= 4 is 5.91 Å². The average molecular weight is 250 g/mol. The van der Waals surface area contributed by atoms with Crippen molar-refractivity contribution in [3.05, 3.63) is 17.5 Å². The number of nitrogens with one attached hydrogen (secondary N) is 2. The molecular formula is C13H22N4O. The molecule has 0 spiro atoms. The lowest BCUT2D eigenvalue weighted by Crippen LogP contribution is -2.37. The van der Waals surface area contributed by atoms with E-state index in [1.807, 2.05) is 0 Å². The summed E-state index contributed by atoms with van der Waals surface area (Å²) in [5, 5.41) is 7.48. The number of hydrogen-bond donors (Lipinski definition) is 3. The molecule has 0 aliphatic heterocycles. The molecule has 0 aromatic carbocycles. The van der Waals surface area contributed by atoms with Gasteiger partial charge in [-0.3, -0.25) is 15.3 Å². The Morgan fingerprint density at radius 1 is 1.44 bits per heavy atom. The van der Waals surface area contributed by atoms with Crippen molar-refractivity contribution in [2.24, 2.45) is 11.8 Å². The first-order chi connectivity index (χ1) is 8.61. The van der Waals surface area contributed by atoms with E-state index in [0.717, 1.165) is 31.4 Å². The van der Waals surface area contributed by atoms with Gasteiger partial charge in [0.2, 0.25) is 5.91 Å². The molecule has 0 unspecified atom stereocenters. The van der Waals surface area contributed by atoms with Crippen molar-refractivity contribution < 1.29 is 4.79 Å². The molecule has 5 heteroatoms. The van der Waals surface area contributed by atoms with Crippen LogP contribution in [0, 0.1) is 5.92 Å². The molecule has 1 fully saturated rings. The molecule has 1 aromatic heterocycles. The van der Waals surface area contributed by atoms with E-state index < -0.39 is 0 Å². The lowest BCUT2D eigenvalue weighted by Gasteiger charge is -2.26. The topological polar surface area (TPSA) is 83.8 Å². The number of carbonyl (C=O) groups is 1. The molecule has 4 N–H and O–H groups in total. The highest BCUT2D eigenvalue weighted by Gasteiger charge is 2.27. The summed E-state index contributed by atoms with van der Waals surface area (Å²) in [5.41, 5.74) is 4.58. The van der Waals surface area contributed by atoms with Gasteiger partial charge in [0.25, 0.3) is 0 Å². The lowest BCUT2D eigenvalue weighted by molar-refractivity contribution is -0.126. The number of hydrazine groups is 1. The summed E-state index contributed by atoms with van der Waals surface area (Å²) in [7, 11) is 0. The molecule has 1 aliphatic rings. The van der Waals surface area contributed by atoms with Gasteiger partial charge < -0.3 is 0 Å². The Labute approximate surface area is 107 Å². The number of aromatic nitrogens is 2. The summed E-state index contributed by atoms with van der Waals surface area (Å²) >= 11 is 0. The molecule has 0 bridgehead atoms. The summed E-state index contributed by atoms with van der Waals surface area (Å²) in [6.45, 7) is 4.28. The van der Waals surface area contributed by atoms with Crippen LogP contribution in [0.15, 0.2) is 6.07 Å². The number of nitrogens with zero attached hydrogens (tertiary/aromatic N) is 1. The number of aromatic amines is 1. The minimum Gasteiger partial charge on any atom is -0.294 e. The number of rotatable bonds is 3. The molecule has 0 atom stereocenters. The van der Waals surface area contributed by atoms with E-state index in [1.54, 1.807) is 0 Å². The Morgan fingerprint density at radius 3 is 2.61 bits per heavy atom. The van der Waals surface area contributed by atoms with Crippen molar-refractivity contribution in [3.8, 4) is 0 Å². The van der Waals surface area contributed by atoms with Gasteiger partial charge in [0.15, 0.2) is 0 Å². The number of H-pyrrole nitrogens is 1. The second-order valence-electron chi connectivity index (χ2n) is 5.46. The summed E-state index contributed by atoms with van der Waals surface area (Å²) in [6.07, 6.45) is 3.86. The number of nitrogens with two attached hydrogens (primary N) is 1. The Balaban J connectivity index is 1.94. The van der Waals surface area contributed by atoms with Crippen LogP contribution in [0.2, 0.25) is 0 Å². The average Bonchev–Trinajstić information content (AvgIpc) is 2.88. The molecule has 1 saturated carbocycles. The van der Waals surface area contributed by atoms with Gasteiger partial charge in [-0.2, -0.15) is 5.10 Å². The molecule has 0 saturated heterocycles. The first-order valence-electron chi connectivity index (χ1n) is 6.67. The van der Waals surface area contributed by atoms with Gasteiger partial charge in [-0.25, -0.2) is 5.84 Å². The van der Waals surface area contributed by atoms with E-state index in [0.29, 0.717) is 11.8 Å². The third-order valence-corrected chi connectivity index (χ3v) is 3.89. The minimum atomic E-state index is -0.0269. The number of amides is 1. The first kappa shape index (κ1) is 13.1. The highest BCUT2D eigenvalue weighted by atomic mass is 16.2. The third-order valence-electron chi connectivity index (χ3n) is 3.89. The summed E-state index contributed by atoms with van der Waals surface area (Å²) in [6, 6.07) is 2.17. The maximum atomic E-state index is 11.4. The minimum absolute atomic E-state index is 0.0269. The smallest absolute Gasteiger partial charge is 0.236 e. The maximum Gasteiger partial charge on any atom is 0.236 e. The summed E-state index contributed by atoms with van der Waals surface area (Å²) < 4.78 is 0. The van der Waals surface area contributed by atoms with Crippen LogP contribution in [0.4, 0.5) is 0 Å². The van der Waals surface area contributed by atoms with E-state index in [2.05, 4.69) is 35.5 Å². The Hall–Kier alpha value is -1.36. The van der Waals surface area contributed by atoms with Crippen molar-refractivity contribution in [1.29, 1.82) is 0 Å². The predicted octanol–water partition coefficient (Wildman–Crippen LogP) is 1.80. The second-order valence-corrected chi connectivity index (χ2v) is 5.46. The quantitative estimate of drug-likeness (QED) is 0.434. The van der Waals surface area contributed by atoms with Crippen molar-refractivity contribution in [1.82, 2.24) is 15.6 Å². The van der Waals surface area contributed by atoms with Crippen LogP contribution >= 0.6 is 0 Å². The molecule has 1 aromatic rings. The van der Waals surface area contributed by atoms with E-state index in [9.17, 15) is 4.79 Å². The van der Waals surface area contributed by atoms with Crippen LogP contribution in [-0.4, -0.2) is 16.1 Å². The monoisotopic (exact) mass is 250 g/mol. The molecular weight excluding hydrogens is 228 g/mol. The Kier molecular flexibility index (Phi) is 4.01. The van der Waals surface area contributed by atoms with E-state index in [-0.39, 0.29) is 11.8 Å². The second kappa shape index (κ2) is 5.52. The van der Waals surface area contributed by atoms with Crippen LogP contribution in [0.3, 0.4) is 0 Å². The van der Waals surface area contributed by atoms with E-state index >= 15 is 0 Å². The van der Waals surface area contributed by atoms with Crippen molar-refractivity contribution in [2.75, 3.05) is 0 Å². The molecule has 18 heavy (non-hydrogen) atoms. The molecule has 100 valence electrons. The van der Waals surface area contributed by atoms with Gasteiger partial charge in [0.05, 0.1) is 5.69 Å². The molecule has 2 rings (SSSR count). The third kappa shape index (κ3) is 2.72. The van der Waals surface area contributed by atoms with Gasteiger partial charge in [-0.1, -0.05) is 13.8 Å². The SMILES string of the molecule is CC(C)c1cc(C2CCC(C(=O)NN)CC2)[nH]n1. The van der Waals surface area contributed by atoms with Crippen LogP contribution in [0.5, 0.6) is 0 Å². The van der Waals surface area contributed by atoms with Gasteiger partial charge in [0, 0.05) is 17.5 Å². The highest BCUT2D eigenvalue weighted by Crippen LogP contribution is 2.35. The molecule has 0 radical (unpaired) electrons. The largest absolute Gasteiger partial charge is 0.294 e. The fourth-order valence-electron chi connectivity index (χ4n) is 2.64. The Bertz CT molecular complexity index is 405. The zero-order chi connectivity index (χ0) is 13.1. The lowest BCUT2D eigenvalue weighted by atomic mass is 9.80. The predicted molar refractivity (Wildman–Crippen MR) is 69.7 cm³/mol. The molecule has 1 amide bonds. The molecule has 1 aliphatic carbocycles. The fourth-order valence-corrected chi connectivity index (χ4v) is 2.64. The standard InChI is InChI=1S/C13H22N4O/c1-8(2)11-7-12(17-16-11)9-3-5-10(6-4-9)13(18)15-14/h7-10H,3-6,14H2,1-2H3,(H,15,18)(H,16,17). The van der Waals surface area contributed by atoms with Crippen molar-refractivity contribution in [2.45, 2.75) is 51.4 Å². The summed E-state index contributed by atoms with van der Waals surface area (Å²) in [4.78, 5) is 11.4. The van der Waals surface area contributed by atoms with Crippen LogP contribution < -0.4 is 11.3 Å². The first-order valence-corrected chi connectivity index (χ1v) is 6.67. The van der Waals surface area contributed by atoms with Crippen molar-refractivity contribution in [3.63, 3.8) is 0 Å². The van der Waals surface area contributed by atoms with Gasteiger partial charge in [-0.05, 0) is 37.7 Å². The van der Waals surface area contributed by atoms with Crippen LogP contribution in [0.25, 0.3) is 0 Å². The van der Waals surface area contributed by atoms with Crippen LogP contribution in [0.1, 0.15) is 62.8 Å². The maximum absolute atomic E-state index is 11.4. The zero-order valence-electron chi connectivity index (χ0n) is 11.1. The number of carbonyl (C=O) groups excluding carboxylic acids is 1. The van der Waals surface area contributed by atoms with Crippen LogP contribution in [-0.2, 0) is 4.79 Å². The fraction of sp³-hybridized carbons (Fsp3) is 0.692. The molecule has 5 nitrogen and oxygen atoms in total. The normalized spacial score (nSPS) is 24.2. The van der Waals surface area contributed by atoms with Gasteiger partial charge in [0.1, 0.15) is 0 Å². The van der Waals surface area contributed by atoms with Gasteiger partial charge in [-0.15, -0.1) is 0 Å². The zero-order valence-corrected chi connectivity index (χ0v) is 11.1. The van der Waals surface area contributed by atoms with E-state index in [1.165, 1.54) is 5.69 Å². The Morgan fingerprint density at radius 2 is 2.11 bits per heavy atom. The van der Waals surface area contributed by atoms with E-state index in [4.69, 9.17) is 5.84 Å².